The van der Waals surface area contributed by atoms with Crippen LogP contribution in [0, 0.1) is 6.92 Å². The molecule has 0 aromatic heterocycles. The maximum Gasteiger partial charge on any atom is 0.226 e. The Bertz CT molecular complexity index is 802. The summed E-state index contributed by atoms with van der Waals surface area (Å²) in [6.45, 7) is 4.45. The minimum Gasteiger partial charge on any atom is -0.486 e. The first kappa shape index (κ1) is 17.8. The van der Waals surface area contributed by atoms with Crippen LogP contribution in [0.3, 0.4) is 0 Å². The zero-order valence-corrected chi connectivity index (χ0v) is 14.9. The zero-order chi connectivity index (χ0) is 18.5. The Hall–Kier alpha value is -3.02. The lowest BCUT2D eigenvalue weighted by Crippen LogP contribution is -2.29. The number of benzene rings is 2. The van der Waals surface area contributed by atoms with Crippen molar-refractivity contribution in [1.29, 1.82) is 0 Å². The molecular formula is C20H22N2O4. The zero-order valence-electron chi connectivity index (χ0n) is 14.9. The normalized spacial score (nSPS) is 13.6. The number of carbonyl (C=O) groups is 2. The third-order valence-electron chi connectivity index (χ3n) is 4.07. The fourth-order valence-corrected chi connectivity index (χ4v) is 2.81. The summed E-state index contributed by atoms with van der Waals surface area (Å²) in [6, 6.07) is 12.7. The van der Waals surface area contributed by atoms with Crippen molar-refractivity contribution in [3.05, 3.63) is 53.6 Å². The molecule has 3 rings (SSSR count). The fraction of sp³-hybridized carbons (Fsp3) is 0.300. The van der Waals surface area contributed by atoms with Gasteiger partial charge in [0.25, 0.3) is 0 Å². The molecule has 1 aliphatic rings. The molecule has 2 N–H and O–H groups in total. The molecule has 1 atom stereocenters. The lowest BCUT2D eigenvalue weighted by atomic mass is 10.0. The summed E-state index contributed by atoms with van der Waals surface area (Å²) in [5.74, 6) is 0.916. The predicted molar refractivity (Wildman–Crippen MR) is 98.4 cm³/mol. The molecular weight excluding hydrogens is 332 g/mol. The average Bonchev–Trinajstić information content (AvgIpc) is 2.61. The predicted octanol–water partition coefficient (Wildman–Crippen LogP) is 2.97. The molecule has 136 valence electrons. The van der Waals surface area contributed by atoms with Crippen molar-refractivity contribution in [3.63, 3.8) is 0 Å². The van der Waals surface area contributed by atoms with Crippen LogP contribution in [0.1, 0.15) is 30.5 Å². The third-order valence-corrected chi connectivity index (χ3v) is 4.07. The molecule has 0 aliphatic carbocycles. The van der Waals surface area contributed by atoms with Gasteiger partial charge in [-0.15, -0.1) is 0 Å². The molecule has 0 unspecified atom stereocenters. The highest BCUT2D eigenvalue weighted by Gasteiger charge is 2.18. The van der Waals surface area contributed by atoms with E-state index in [0.29, 0.717) is 30.4 Å². The topological polar surface area (TPSA) is 76.7 Å². The summed E-state index contributed by atoms with van der Waals surface area (Å²) in [7, 11) is 0. The Balaban J connectivity index is 1.69. The lowest BCUT2D eigenvalue weighted by molar-refractivity contribution is -0.120. The van der Waals surface area contributed by atoms with E-state index in [9.17, 15) is 9.59 Å². The first-order valence-electron chi connectivity index (χ1n) is 8.54. The second kappa shape index (κ2) is 7.91. The molecule has 6 nitrogen and oxygen atoms in total. The molecule has 1 aliphatic heterocycles. The van der Waals surface area contributed by atoms with Crippen molar-refractivity contribution in [1.82, 2.24) is 5.32 Å². The van der Waals surface area contributed by atoms with Crippen LogP contribution in [-0.2, 0) is 9.59 Å². The monoisotopic (exact) mass is 354 g/mol. The van der Waals surface area contributed by atoms with Gasteiger partial charge in [-0.1, -0.05) is 29.8 Å². The smallest absolute Gasteiger partial charge is 0.226 e. The Morgan fingerprint density at radius 1 is 1.04 bits per heavy atom. The quantitative estimate of drug-likeness (QED) is 0.865. The van der Waals surface area contributed by atoms with Gasteiger partial charge in [0.15, 0.2) is 11.5 Å². The summed E-state index contributed by atoms with van der Waals surface area (Å²) in [5, 5.41) is 5.69. The highest BCUT2D eigenvalue weighted by Crippen LogP contribution is 2.32. The van der Waals surface area contributed by atoms with Crippen LogP contribution < -0.4 is 20.1 Å². The van der Waals surface area contributed by atoms with E-state index in [4.69, 9.17) is 9.47 Å². The van der Waals surface area contributed by atoms with Crippen LogP contribution in [0.2, 0.25) is 0 Å². The number of hydrogen-bond acceptors (Lipinski definition) is 4. The molecule has 26 heavy (non-hydrogen) atoms. The van der Waals surface area contributed by atoms with Crippen molar-refractivity contribution >= 4 is 17.5 Å². The van der Waals surface area contributed by atoms with Crippen molar-refractivity contribution in [2.24, 2.45) is 0 Å². The molecule has 0 spiro atoms. The van der Waals surface area contributed by atoms with E-state index >= 15 is 0 Å². The van der Waals surface area contributed by atoms with E-state index in [2.05, 4.69) is 10.6 Å². The van der Waals surface area contributed by atoms with E-state index in [1.54, 1.807) is 18.2 Å². The number of fused-ring (bicyclic) bond motifs is 1. The Kier molecular flexibility index (Phi) is 5.41. The summed E-state index contributed by atoms with van der Waals surface area (Å²) in [5.41, 5.74) is 2.64. The van der Waals surface area contributed by atoms with E-state index in [1.165, 1.54) is 6.92 Å². The molecule has 0 fully saturated rings. The van der Waals surface area contributed by atoms with Gasteiger partial charge in [0, 0.05) is 18.7 Å². The SMILES string of the molecule is CC(=O)N[C@@H](CC(=O)Nc1ccc2c(c1)OCCO2)c1ccc(C)cc1. The van der Waals surface area contributed by atoms with E-state index in [1.807, 2.05) is 31.2 Å². The molecule has 0 radical (unpaired) electrons. The molecule has 2 amide bonds. The number of carbonyl (C=O) groups excluding carboxylic acids is 2. The lowest BCUT2D eigenvalue weighted by Gasteiger charge is -2.20. The van der Waals surface area contributed by atoms with Crippen molar-refractivity contribution in [2.45, 2.75) is 26.3 Å². The standard InChI is InChI=1S/C20H22N2O4/c1-13-3-5-15(6-4-13)17(21-14(2)23)12-20(24)22-16-7-8-18-19(11-16)26-10-9-25-18/h3-8,11,17H,9-10,12H2,1-2H3,(H,21,23)(H,22,24)/t17-/m0/s1. The van der Waals surface area contributed by atoms with Gasteiger partial charge in [0.2, 0.25) is 11.8 Å². The van der Waals surface area contributed by atoms with Gasteiger partial charge in [-0.05, 0) is 24.6 Å². The average molecular weight is 354 g/mol. The van der Waals surface area contributed by atoms with Crippen LogP contribution in [0.25, 0.3) is 0 Å². The molecule has 0 saturated heterocycles. The number of rotatable bonds is 5. The molecule has 0 saturated carbocycles. The molecule has 6 heteroatoms. The molecule has 1 heterocycles. The summed E-state index contributed by atoms with van der Waals surface area (Å²) >= 11 is 0. The van der Waals surface area contributed by atoms with Crippen LogP contribution in [0.4, 0.5) is 5.69 Å². The number of nitrogens with one attached hydrogen (secondary N) is 2. The Morgan fingerprint density at radius 2 is 1.73 bits per heavy atom. The molecule has 0 bridgehead atoms. The minimum absolute atomic E-state index is 0.136. The van der Waals surface area contributed by atoms with Crippen LogP contribution in [-0.4, -0.2) is 25.0 Å². The molecule has 2 aromatic carbocycles. The third kappa shape index (κ3) is 4.53. The number of amides is 2. The van der Waals surface area contributed by atoms with Crippen molar-refractivity contribution in [2.75, 3.05) is 18.5 Å². The second-order valence-corrected chi connectivity index (χ2v) is 6.27. The number of hydrogen-bond donors (Lipinski definition) is 2. The van der Waals surface area contributed by atoms with E-state index < -0.39 is 0 Å². The Labute approximate surface area is 152 Å². The van der Waals surface area contributed by atoms with Gasteiger partial charge < -0.3 is 20.1 Å². The van der Waals surface area contributed by atoms with E-state index in [-0.39, 0.29) is 24.3 Å². The Morgan fingerprint density at radius 3 is 2.42 bits per heavy atom. The largest absolute Gasteiger partial charge is 0.486 e. The van der Waals surface area contributed by atoms with E-state index in [0.717, 1.165) is 11.1 Å². The van der Waals surface area contributed by atoms with Gasteiger partial charge in [-0.3, -0.25) is 9.59 Å². The molecule has 2 aromatic rings. The summed E-state index contributed by atoms with van der Waals surface area (Å²) < 4.78 is 11.0. The van der Waals surface area contributed by atoms with Gasteiger partial charge in [-0.2, -0.15) is 0 Å². The minimum atomic E-state index is -0.384. The van der Waals surface area contributed by atoms with Gasteiger partial charge in [0.05, 0.1) is 12.5 Å². The second-order valence-electron chi connectivity index (χ2n) is 6.27. The van der Waals surface area contributed by atoms with Crippen molar-refractivity contribution < 1.29 is 19.1 Å². The number of anilines is 1. The number of ether oxygens (including phenoxy) is 2. The maximum atomic E-state index is 12.5. The summed E-state index contributed by atoms with van der Waals surface area (Å²) in [4.78, 5) is 24.0. The van der Waals surface area contributed by atoms with Gasteiger partial charge in [0.1, 0.15) is 13.2 Å². The fourth-order valence-electron chi connectivity index (χ4n) is 2.81. The first-order valence-corrected chi connectivity index (χ1v) is 8.54. The van der Waals surface area contributed by atoms with Crippen LogP contribution in [0.5, 0.6) is 11.5 Å². The van der Waals surface area contributed by atoms with Crippen molar-refractivity contribution in [3.8, 4) is 11.5 Å². The highest BCUT2D eigenvalue weighted by atomic mass is 16.6. The maximum absolute atomic E-state index is 12.5. The number of aryl methyl sites for hydroxylation is 1. The van der Waals surface area contributed by atoms with Gasteiger partial charge in [-0.25, -0.2) is 0 Å². The van der Waals surface area contributed by atoms with Crippen LogP contribution >= 0.6 is 0 Å². The summed E-state index contributed by atoms with van der Waals surface area (Å²) in [6.07, 6.45) is 0.136. The first-order chi connectivity index (χ1) is 12.5. The highest BCUT2D eigenvalue weighted by molar-refractivity contribution is 5.92. The van der Waals surface area contributed by atoms with Crippen LogP contribution in [0.15, 0.2) is 42.5 Å². The van der Waals surface area contributed by atoms with Gasteiger partial charge >= 0.3 is 0 Å².